The summed E-state index contributed by atoms with van der Waals surface area (Å²) in [4.78, 5) is 18.1. The molecule has 1 amide bonds. The van der Waals surface area contributed by atoms with Crippen molar-refractivity contribution in [2.45, 2.75) is 19.1 Å². The van der Waals surface area contributed by atoms with E-state index in [1.54, 1.807) is 16.9 Å². The van der Waals surface area contributed by atoms with Crippen LogP contribution >= 0.6 is 0 Å². The second kappa shape index (κ2) is 7.83. The zero-order valence-corrected chi connectivity index (χ0v) is 16.2. The molecule has 1 unspecified atom stereocenters. The Kier molecular flexibility index (Phi) is 4.73. The van der Waals surface area contributed by atoms with Gasteiger partial charge in [0, 0.05) is 12.5 Å². The first-order chi connectivity index (χ1) is 14.8. The molecule has 0 spiro atoms. The number of rotatable bonds is 5. The Labute approximate surface area is 173 Å². The number of oxime groups is 1. The van der Waals surface area contributed by atoms with Gasteiger partial charge in [-0.15, -0.1) is 0 Å². The molecular formula is C24H20N4O2. The first kappa shape index (κ1) is 18.1. The smallest absolute Gasteiger partial charge is 0.269 e. The topological polar surface area (TPSA) is 68.5 Å². The van der Waals surface area contributed by atoms with Crippen molar-refractivity contribution in [2.24, 2.45) is 5.16 Å². The van der Waals surface area contributed by atoms with Crippen molar-refractivity contribution in [3.63, 3.8) is 0 Å². The van der Waals surface area contributed by atoms with Gasteiger partial charge in [0.15, 0.2) is 0 Å². The molecule has 0 saturated heterocycles. The summed E-state index contributed by atoms with van der Waals surface area (Å²) in [6.07, 6.45) is 1.47. The Bertz CT molecular complexity index is 1220. The minimum absolute atomic E-state index is 0.232. The largest absolute Gasteiger partial charge is 0.382 e. The van der Waals surface area contributed by atoms with Crippen LogP contribution in [0.15, 0.2) is 90.2 Å². The van der Waals surface area contributed by atoms with Crippen molar-refractivity contribution in [2.75, 3.05) is 5.32 Å². The second-order valence-electron chi connectivity index (χ2n) is 7.20. The average molecular weight is 396 g/mol. The van der Waals surface area contributed by atoms with Gasteiger partial charge in [0.25, 0.3) is 5.91 Å². The van der Waals surface area contributed by atoms with Gasteiger partial charge in [0.05, 0.1) is 18.5 Å². The summed E-state index contributed by atoms with van der Waals surface area (Å²) in [5, 5.41) is 13.8. The standard InChI is InChI=1S/C24H20N4O2/c29-24(22-15-21(27-30-22)18-8-2-1-3-9-18)26-23-13-14-25-28(23)16-19-11-6-10-17-7-4-5-12-20(17)19/h1-14,22H,15-16H2,(H,26,29). The highest BCUT2D eigenvalue weighted by Gasteiger charge is 2.29. The minimum atomic E-state index is -0.652. The van der Waals surface area contributed by atoms with E-state index >= 15 is 0 Å². The van der Waals surface area contributed by atoms with Crippen molar-refractivity contribution in [3.05, 3.63) is 96.2 Å². The van der Waals surface area contributed by atoms with Crippen molar-refractivity contribution in [1.29, 1.82) is 0 Å². The van der Waals surface area contributed by atoms with Crippen molar-refractivity contribution < 1.29 is 9.63 Å². The Balaban J connectivity index is 1.29. The lowest BCUT2D eigenvalue weighted by atomic mass is 10.0. The van der Waals surface area contributed by atoms with Crippen LogP contribution in [-0.2, 0) is 16.2 Å². The Morgan fingerprint density at radius 3 is 2.70 bits per heavy atom. The Morgan fingerprint density at radius 1 is 1.00 bits per heavy atom. The fraction of sp³-hybridized carbons (Fsp3) is 0.125. The third kappa shape index (κ3) is 3.55. The quantitative estimate of drug-likeness (QED) is 0.549. The molecule has 3 aromatic carbocycles. The van der Waals surface area contributed by atoms with E-state index in [-0.39, 0.29) is 5.91 Å². The highest BCUT2D eigenvalue weighted by atomic mass is 16.6. The van der Waals surface area contributed by atoms with Gasteiger partial charge < -0.3 is 10.2 Å². The third-order valence-corrected chi connectivity index (χ3v) is 5.24. The Morgan fingerprint density at radius 2 is 1.80 bits per heavy atom. The predicted molar refractivity (Wildman–Crippen MR) is 116 cm³/mol. The summed E-state index contributed by atoms with van der Waals surface area (Å²) in [6, 6.07) is 26.0. The highest BCUT2D eigenvalue weighted by Crippen LogP contribution is 2.22. The van der Waals surface area contributed by atoms with Crippen molar-refractivity contribution in [1.82, 2.24) is 9.78 Å². The Hall–Kier alpha value is -3.93. The first-order valence-corrected chi connectivity index (χ1v) is 9.85. The molecule has 0 radical (unpaired) electrons. The van der Waals surface area contributed by atoms with Gasteiger partial charge in [-0.25, -0.2) is 4.68 Å². The highest BCUT2D eigenvalue weighted by molar-refractivity contribution is 6.05. The molecule has 5 rings (SSSR count). The minimum Gasteiger partial charge on any atom is -0.382 e. The van der Waals surface area contributed by atoms with Gasteiger partial charge in [-0.05, 0) is 21.9 Å². The van der Waals surface area contributed by atoms with Crippen LogP contribution in [0.3, 0.4) is 0 Å². The summed E-state index contributed by atoms with van der Waals surface area (Å²) in [7, 11) is 0. The molecule has 6 nitrogen and oxygen atoms in total. The number of hydrogen-bond donors (Lipinski definition) is 1. The number of aromatic nitrogens is 2. The van der Waals surface area contributed by atoms with Gasteiger partial charge in [-0.1, -0.05) is 78.0 Å². The van der Waals surface area contributed by atoms with Crippen LogP contribution in [0.1, 0.15) is 17.5 Å². The van der Waals surface area contributed by atoms with E-state index in [4.69, 9.17) is 4.84 Å². The molecule has 148 valence electrons. The van der Waals surface area contributed by atoms with E-state index in [0.29, 0.717) is 18.8 Å². The van der Waals surface area contributed by atoms with Gasteiger partial charge in [-0.3, -0.25) is 4.79 Å². The molecule has 1 aliphatic heterocycles. The van der Waals surface area contributed by atoms with Crippen LogP contribution in [0.5, 0.6) is 0 Å². The first-order valence-electron chi connectivity index (χ1n) is 9.85. The zero-order chi connectivity index (χ0) is 20.3. The summed E-state index contributed by atoms with van der Waals surface area (Å²) < 4.78 is 1.79. The number of nitrogens with zero attached hydrogens (tertiary/aromatic N) is 3. The fourth-order valence-electron chi connectivity index (χ4n) is 3.68. The molecule has 30 heavy (non-hydrogen) atoms. The lowest BCUT2D eigenvalue weighted by molar-refractivity contribution is -0.125. The molecule has 4 aromatic rings. The zero-order valence-electron chi connectivity index (χ0n) is 16.2. The summed E-state index contributed by atoms with van der Waals surface area (Å²) >= 11 is 0. The molecule has 0 bridgehead atoms. The maximum absolute atomic E-state index is 12.8. The van der Waals surface area contributed by atoms with Crippen LogP contribution in [0.25, 0.3) is 10.8 Å². The number of nitrogens with one attached hydrogen (secondary N) is 1. The predicted octanol–water partition coefficient (Wildman–Crippen LogP) is 4.22. The molecule has 1 N–H and O–H groups in total. The number of benzene rings is 3. The van der Waals surface area contributed by atoms with E-state index in [1.807, 2.05) is 48.5 Å². The lowest BCUT2D eigenvalue weighted by Crippen LogP contribution is -2.29. The van der Waals surface area contributed by atoms with Gasteiger partial charge in [-0.2, -0.15) is 5.10 Å². The van der Waals surface area contributed by atoms with Crippen LogP contribution < -0.4 is 5.32 Å². The summed E-state index contributed by atoms with van der Waals surface area (Å²) in [5.41, 5.74) is 2.88. The van der Waals surface area contributed by atoms with Gasteiger partial charge >= 0.3 is 0 Å². The van der Waals surface area contributed by atoms with Crippen LogP contribution in [-0.4, -0.2) is 27.5 Å². The van der Waals surface area contributed by atoms with Crippen molar-refractivity contribution >= 4 is 28.2 Å². The monoisotopic (exact) mass is 396 g/mol. The van der Waals surface area contributed by atoms with Gasteiger partial charge in [0.2, 0.25) is 6.10 Å². The van der Waals surface area contributed by atoms with Crippen molar-refractivity contribution in [3.8, 4) is 0 Å². The van der Waals surface area contributed by atoms with Crippen LogP contribution in [0.2, 0.25) is 0 Å². The molecular weight excluding hydrogens is 376 g/mol. The molecule has 2 heterocycles. The molecule has 0 fully saturated rings. The molecule has 1 aliphatic rings. The molecule has 0 saturated carbocycles. The maximum Gasteiger partial charge on any atom is 0.269 e. The number of anilines is 1. The second-order valence-corrected chi connectivity index (χ2v) is 7.20. The van der Waals surface area contributed by atoms with Crippen LogP contribution in [0.4, 0.5) is 5.82 Å². The SMILES string of the molecule is O=C(Nc1ccnn1Cc1cccc2ccccc12)C1CC(c2ccccc2)=NO1. The number of hydrogen-bond acceptors (Lipinski definition) is 4. The number of carbonyl (C=O) groups is 1. The molecule has 1 atom stereocenters. The van der Waals surface area contributed by atoms with E-state index < -0.39 is 6.10 Å². The molecule has 1 aromatic heterocycles. The lowest BCUT2D eigenvalue weighted by Gasteiger charge is -2.13. The number of amides is 1. The normalized spacial score (nSPS) is 15.6. The number of carbonyl (C=O) groups excluding carboxylic acids is 1. The summed E-state index contributed by atoms with van der Waals surface area (Å²) in [5.74, 6) is 0.397. The van der Waals surface area contributed by atoms with E-state index in [1.165, 1.54) is 10.8 Å². The van der Waals surface area contributed by atoms with E-state index in [9.17, 15) is 4.79 Å². The summed E-state index contributed by atoms with van der Waals surface area (Å²) in [6.45, 7) is 0.557. The van der Waals surface area contributed by atoms with Crippen LogP contribution in [0, 0.1) is 0 Å². The molecule has 6 heteroatoms. The maximum atomic E-state index is 12.8. The van der Waals surface area contributed by atoms with Gasteiger partial charge in [0.1, 0.15) is 5.82 Å². The average Bonchev–Trinajstić information content (AvgIpc) is 3.45. The van der Waals surface area contributed by atoms with E-state index in [2.05, 4.69) is 39.8 Å². The third-order valence-electron chi connectivity index (χ3n) is 5.24. The van der Waals surface area contributed by atoms with E-state index in [0.717, 1.165) is 16.8 Å². The molecule has 0 aliphatic carbocycles. The number of fused-ring (bicyclic) bond motifs is 1. The fourth-order valence-corrected chi connectivity index (χ4v) is 3.68.